The second-order valence-electron chi connectivity index (χ2n) is 6.79. The number of azide groups is 2. The summed E-state index contributed by atoms with van der Waals surface area (Å²) in [4.78, 5) is 16.1. The molecule has 28 heavy (non-hydrogen) atoms. The van der Waals surface area contributed by atoms with E-state index in [-0.39, 0.29) is 12.8 Å². The number of nitrogens with one attached hydrogen (secondary N) is 1. The van der Waals surface area contributed by atoms with E-state index in [1.54, 1.807) is 6.92 Å². The van der Waals surface area contributed by atoms with E-state index in [0.717, 1.165) is 0 Å². The molecule has 156 valence electrons. The fourth-order valence-electron chi connectivity index (χ4n) is 3.44. The number of hydrogen-bond donors (Lipinski definition) is 5. The lowest BCUT2D eigenvalue weighted by Gasteiger charge is -2.43. The highest BCUT2D eigenvalue weighted by atomic mass is 16.7. The topological polar surface area (TPSA) is 226 Å². The van der Waals surface area contributed by atoms with Crippen LogP contribution in [0.2, 0.25) is 0 Å². The van der Waals surface area contributed by atoms with Gasteiger partial charge in [-0.25, -0.2) is 4.79 Å². The van der Waals surface area contributed by atoms with Crippen molar-refractivity contribution < 1.29 is 34.7 Å². The van der Waals surface area contributed by atoms with Crippen LogP contribution in [0.4, 0.5) is 4.79 Å². The average Bonchev–Trinajstić information content (AvgIpc) is 2.63. The van der Waals surface area contributed by atoms with Crippen molar-refractivity contribution in [2.45, 2.75) is 81.1 Å². The highest BCUT2D eigenvalue weighted by molar-refractivity contribution is 5.64. The maximum absolute atomic E-state index is 10.8. The zero-order valence-electron chi connectivity index (χ0n) is 15.0. The molecule has 2 rings (SSSR count). The van der Waals surface area contributed by atoms with Gasteiger partial charge in [-0.3, -0.25) is 0 Å². The molecule has 1 amide bonds. The fourth-order valence-corrected chi connectivity index (χ4v) is 3.44. The Kier molecular flexibility index (Phi) is 7.66. The van der Waals surface area contributed by atoms with Gasteiger partial charge in [0.25, 0.3) is 0 Å². The van der Waals surface area contributed by atoms with Gasteiger partial charge >= 0.3 is 6.09 Å². The number of aliphatic hydroxyl groups is 3. The van der Waals surface area contributed by atoms with Crippen LogP contribution in [0.15, 0.2) is 10.2 Å². The predicted octanol–water partition coefficient (Wildman–Crippen LogP) is 0.377. The molecule has 1 saturated carbocycles. The Bertz CT molecular complexity index is 654. The van der Waals surface area contributed by atoms with E-state index in [4.69, 9.17) is 25.6 Å². The molecule has 1 unspecified atom stereocenters. The molecule has 1 saturated heterocycles. The van der Waals surface area contributed by atoms with Crippen LogP contribution in [0, 0.1) is 0 Å². The van der Waals surface area contributed by atoms with Gasteiger partial charge in [0.05, 0.1) is 36.4 Å². The molecule has 2 aliphatic rings. The van der Waals surface area contributed by atoms with Crippen molar-refractivity contribution in [2.75, 3.05) is 0 Å². The summed E-state index contributed by atoms with van der Waals surface area (Å²) >= 11 is 0. The Hall–Kier alpha value is -2.31. The van der Waals surface area contributed by atoms with Gasteiger partial charge in [-0.15, -0.1) is 0 Å². The van der Waals surface area contributed by atoms with Crippen LogP contribution in [-0.2, 0) is 9.47 Å². The van der Waals surface area contributed by atoms with Crippen molar-refractivity contribution >= 4 is 6.09 Å². The monoisotopic (exact) mass is 401 g/mol. The molecule has 0 aromatic carbocycles. The number of carboxylic acid groups (broad SMARTS) is 1. The van der Waals surface area contributed by atoms with Crippen molar-refractivity contribution in [3.8, 4) is 0 Å². The van der Waals surface area contributed by atoms with Crippen molar-refractivity contribution in [1.82, 2.24) is 5.32 Å². The SMILES string of the molecule is CC(NC(=O)O)[C@@H]1CC[C@H](O)[C@@H](O[C@H]2[C@H](O)[C@@H](O)[C@H](N=[N+]=[N-])C[C@@H]2N=[N+]=[N-])O1. The summed E-state index contributed by atoms with van der Waals surface area (Å²) in [5.41, 5.74) is 17.3. The van der Waals surface area contributed by atoms with Crippen LogP contribution >= 0.6 is 0 Å². The zero-order chi connectivity index (χ0) is 20.8. The molecule has 5 N–H and O–H groups in total. The summed E-state index contributed by atoms with van der Waals surface area (Å²) < 4.78 is 11.3. The van der Waals surface area contributed by atoms with E-state index in [1.165, 1.54) is 0 Å². The Morgan fingerprint density at radius 3 is 2.43 bits per heavy atom. The molecule has 1 heterocycles. The van der Waals surface area contributed by atoms with Crippen molar-refractivity contribution in [3.05, 3.63) is 20.9 Å². The molecular weight excluding hydrogens is 378 g/mol. The van der Waals surface area contributed by atoms with Gasteiger partial charge in [-0.05, 0) is 37.2 Å². The number of nitrogens with zero attached hydrogens (tertiary/aromatic N) is 6. The first-order chi connectivity index (χ1) is 13.3. The van der Waals surface area contributed by atoms with E-state index in [9.17, 15) is 20.1 Å². The molecule has 1 aliphatic carbocycles. The maximum atomic E-state index is 10.8. The standard InChI is InChI=1S/C14H23N7O7/c1-5(17-14(25)26)9-3-2-8(22)13(27-9)28-12-7(19-21-16)4-6(18-20-15)10(23)11(12)24/h5-13,17,22-24H,2-4H2,1H3,(H,25,26)/t5?,6-,7+,8+,9+,10+,11-,12-,13-/m1/s1. The molecule has 9 atom stereocenters. The lowest BCUT2D eigenvalue weighted by Crippen LogP contribution is -2.58. The van der Waals surface area contributed by atoms with Crippen LogP contribution in [0.5, 0.6) is 0 Å². The Morgan fingerprint density at radius 2 is 1.82 bits per heavy atom. The fraction of sp³-hybridized carbons (Fsp3) is 0.929. The molecule has 0 radical (unpaired) electrons. The number of carbonyl (C=O) groups is 1. The van der Waals surface area contributed by atoms with Crippen LogP contribution < -0.4 is 5.32 Å². The predicted molar refractivity (Wildman–Crippen MR) is 91.9 cm³/mol. The molecule has 0 bridgehead atoms. The zero-order valence-corrected chi connectivity index (χ0v) is 15.0. The first-order valence-corrected chi connectivity index (χ1v) is 8.71. The Balaban J connectivity index is 2.14. The van der Waals surface area contributed by atoms with Gasteiger partial charge in [-0.1, -0.05) is 10.2 Å². The number of amides is 1. The van der Waals surface area contributed by atoms with Crippen LogP contribution in [0.1, 0.15) is 26.2 Å². The minimum atomic E-state index is -1.56. The van der Waals surface area contributed by atoms with Crippen molar-refractivity contribution in [2.24, 2.45) is 10.2 Å². The second kappa shape index (κ2) is 9.75. The second-order valence-corrected chi connectivity index (χ2v) is 6.79. The lowest BCUT2D eigenvalue weighted by molar-refractivity contribution is -0.281. The maximum Gasteiger partial charge on any atom is 0.404 e. The van der Waals surface area contributed by atoms with E-state index in [1.807, 2.05) is 0 Å². The first-order valence-electron chi connectivity index (χ1n) is 8.71. The number of ether oxygens (including phenoxy) is 2. The third-order valence-corrected chi connectivity index (χ3v) is 4.91. The van der Waals surface area contributed by atoms with E-state index >= 15 is 0 Å². The molecule has 14 nitrogen and oxygen atoms in total. The molecule has 14 heteroatoms. The molecule has 0 spiro atoms. The van der Waals surface area contributed by atoms with Gasteiger partial charge in [-0.2, -0.15) is 0 Å². The third kappa shape index (κ3) is 5.14. The summed E-state index contributed by atoms with van der Waals surface area (Å²) in [6.45, 7) is 1.60. The molecule has 0 aromatic heterocycles. The third-order valence-electron chi connectivity index (χ3n) is 4.91. The minimum Gasteiger partial charge on any atom is -0.465 e. The summed E-state index contributed by atoms with van der Waals surface area (Å²) in [6, 6.07) is -2.58. The molecule has 0 aromatic rings. The van der Waals surface area contributed by atoms with E-state index in [2.05, 4.69) is 25.4 Å². The minimum absolute atomic E-state index is 0.0692. The summed E-state index contributed by atoms with van der Waals surface area (Å²) in [5, 5.41) is 48.7. The molecule has 2 fully saturated rings. The molecule has 1 aliphatic heterocycles. The highest BCUT2D eigenvalue weighted by Gasteiger charge is 2.46. The van der Waals surface area contributed by atoms with Gasteiger partial charge in [0.1, 0.15) is 12.2 Å². The summed E-state index contributed by atoms with van der Waals surface area (Å²) in [6.07, 6.45) is -7.83. The largest absolute Gasteiger partial charge is 0.465 e. The summed E-state index contributed by atoms with van der Waals surface area (Å²) in [7, 11) is 0. The summed E-state index contributed by atoms with van der Waals surface area (Å²) in [5.74, 6) is 0. The van der Waals surface area contributed by atoms with Gasteiger partial charge in [0.15, 0.2) is 6.29 Å². The Morgan fingerprint density at radius 1 is 1.18 bits per heavy atom. The normalized spacial score (nSPS) is 39.1. The first kappa shape index (κ1) is 22.0. The van der Waals surface area contributed by atoms with Crippen LogP contribution in [0.3, 0.4) is 0 Å². The lowest BCUT2D eigenvalue weighted by atomic mass is 9.84. The number of hydrogen-bond acceptors (Lipinski definition) is 8. The quantitative estimate of drug-likeness (QED) is 0.238. The smallest absolute Gasteiger partial charge is 0.404 e. The van der Waals surface area contributed by atoms with E-state index < -0.39 is 61.0 Å². The molecular formula is C14H23N7O7. The van der Waals surface area contributed by atoms with Crippen molar-refractivity contribution in [3.63, 3.8) is 0 Å². The van der Waals surface area contributed by atoms with Gasteiger partial charge in [0, 0.05) is 9.82 Å². The average molecular weight is 401 g/mol. The van der Waals surface area contributed by atoms with Crippen molar-refractivity contribution in [1.29, 1.82) is 0 Å². The number of aliphatic hydroxyl groups excluding tert-OH is 3. The van der Waals surface area contributed by atoms with Crippen LogP contribution in [-0.4, -0.2) is 81.5 Å². The Labute approximate surface area is 159 Å². The van der Waals surface area contributed by atoms with Gasteiger partial charge in [0.2, 0.25) is 0 Å². The van der Waals surface area contributed by atoms with Crippen LogP contribution in [0.25, 0.3) is 20.9 Å². The number of rotatable bonds is 6. The van der Waals surface area contributed by atoms with Gasteiger partial charge < -0.3 is 35.2 Å². The highest BCUT2D eigenvalue weighted by Crippen LogP contribution is 2.31. The van der Waals surface area contributed by atoms with E-state index in [0.29, 0.717) is 6.42 Å².